The number of carbonyl (C=O) groups is 3. The van der Waals surface area contributed by atoms with Crippen molar-refractivity contribution in [3.8, 4) is 5.75 Å². The molecule has 1 aliphatic heterocycles. The Morgan fingerprint density at radius 2 is 1.79 bits per heavy atom. The van der Waals surface area contributed by atoms with Gasteiger partial charge in [0.1, 0.15) is 11.8 Å². The number of amides is 3. The van der Waals surface area contributed by atoms with Crippen LogP contribution in [0.1, 0.15) is 42.2 Å². The van der Waals surface area contributed by atoms with Gasteiger partial charge in [0.15, 0.2) is 0 Å². The summed E-state index contributed by atoms with van der Waals surface area (Å²) in [5.41, 5.74) is 1.76. The molecule has 3 N–H and O–H groups in total. The largest absolute Gasteiger partial charge is 0.497 e. The molecule has 0 aliphatic carbocycles. The van der Waals surface area contributed by atoms with Crippen LogP contribution in [-0.4, -0.2) is 30.9 Å². The van der Waals surface area contributed by atoms with Crippen LogP contribution in [0.2, 0.25) is 0 Å². The zero-order chi connectivity index (χ0) is 21.0. The van der Waals surface area contributed by atoms with Crippen LogP contribution in [-0.2, 0) is 9.59 Å². The fourth-order valence-electron chi connectivity index (χ4n) is 3.32. The van der Waals surface area contributed by atoms with E-state index in [4.69, 9.17) is 4.74 Å². The fraction of sp³-hybridized carbons (Fsp3) is 0.318. The van der Waals surface area contributed by atoms with Gasteiger partial charge in [-0.05, 0) is 35.7 Å². The fourth-order valence-corrected chi connectivity index (χ4v) is 3.32. The van der Waals surface area contributed by atoms with Gasteiger partial charge in [-0.15, -0.1) is 0 Å². The van der Waals surface area contributed by atoms with E-state index in [1.54, 1.807) is 31.4 Å². The van der Waals surface area contributed by atoms with Gasteiger partial charge in [0, 0.05) is 0 Å². The topological polar surface area (TPSA) is 96.5 Å². The minimum atomic E-state index is -0.946. The predicted molar refractivity (Wildman–Crippen MR) is 110 cm³/mol. The SMILES string of the molecule is COc1ccc([C@H](NC(=O)C[C@H]2NC(=O)c3ccccc3NC2=O)C(C)C)cc1. The molecular weight excluding hydrogens is 370 g/mol. The number of rotatable bonds is 6. The zero-order valence-electron chi connectivity index (χ0n) is 16.7. The molecule has 2 aromatic rings. The van der Waals surface area contributed by atoms with Gasteiger partial charge < -0.3 is 20.7 Å². The van der Waals surface area contributed by atoms with E-state index in [1.807, 2.05) is 38.1 Å². The first kappa shape index (κ1) is 20.4. The van der Waals surface area contributed by atoms with Gasteiger partial charge in [-0.1, -0.05) is 38.1 Å². The van der Waals surface area contributed by atoms with Crippen molar-refractivity contribution in [2.45, 2.75) is 32.4 Å². The minimum absolute atomic E-state index is 0.133. The maximum Gasteiger partial charge on any atom is 0.254 e. The Morgan fingerprint density at radius 3 is 2.45 bits per heavy atom. The van der Waals surface area contributed by atoms with Crippen molar-refractivity contribution in [1.82, 2.24) is 10.6 Å². The summed E-state index contributed by atoms with van der Waals surface area (Å²) in [4.78, 5) is 37.6. The average molecular weight is 395 g/mol. The molecule has 0 saturated heterocycles. The van der Waals surface area contributed by atoms with Crippen molar-refractivity contribution < 1.29 is 19.1 Å². The molecule has 3 rings (SSSR count). The first-order valence-electron chi connectivity index (χ1n) is 9.53. The highest BCUT2D eigenvalue weighted by atomic mass is 16.5. The molecule has 0 radical (unpaired) electrons. The lowest BCUT2D eigenvalue weighted by Crippen LogP contribution is -2.45. The van der Waals surface area contributed by atoms with Crippen LogP contribution in [0.4, 0.5) is 5.69 Å². The maximum absolute atomic E-state index is 12.7. The van der Waals surface area contributed by atoms with E-state index < -0.39 is 11.9 Å². The highest BCUT2D eigenvalue weighted by Gasteiger charge is 2.30. The Labute approximate surface area is 169 Å². The second-order valence-corrected chi connectivity index (χ2v) is 7.33. The Hall–Kier alpha value is -3.35. The lowest BCUT2D eigenvalue weighted by molar-refractivity contribution is -0.126. The van der Waals surface area contributed by atoms with Gasteiger partial charge in [0.05, 0.1) is 30.8 Å². The smallest absolute Gasteiger partial charge is 0.254 e. The van der Waals surface area contributed by atoms with Crippen LogP contribution < -0.4 is 20.7 Å². The van der Waals surface area contributed by atoms with E-state index in [9.17, 15) is 14.4 Å². The average Bonchev–Trinajstić information content (AvgIpc) is 2.82. The number of ether oxygens (including phenoxy) is 1. The third-order valence-electron chi connectivity index (χ3n) is 4.90. The third-order valence-corrected chi connectivity index (χ3v) is 4.90. The molecule has 3 amide bonds. The van der Waals surface area contributed by atoms with Gasteiger partial charge in [-0.2, -0.15) is 0 Å². The molecule has 1 aliphatic rings. The molecule has 0 bridgehead atoms. The van der Waals surface area contributed by atoms with E-state index in [-0.39, 0.29) is 30.2 Å². The number of anilines is 1. The lowest BCUT2D eigenvalue weighted by Gasteiger charge is -2.24. The summed E-state index contributed by atoms with van der Waals surface area (Å²) in [5, 5.41) is 8.34. The maximum atomic E-state index is 12.7. The highest BCUT2D eigenvalue weighted by molar-refractivity contribution is 6.10. The number of carbonyl (C=O) groups excluding carboxylic acids is 3. The van der Waals surface area contributed by atoms with Crippen molar-refractivity contribution in [3.63, 3.8) is 0 Å². The number of hydrogen-bond acceptors (Lipinski definition) is 4. The molecule has 152 valence electrons. The standard InChI is InChI=1S/C22H25N3O4/c1-13(2)20(14-8-10-15(29-3)11-9-14)25-19(26)12-18-22(28)23-17-7-5-4-6-16(17)21(27)24-18/h4-11,13,18,20H,12H2,1-3H3,(H,23,28)(H,24,27)(H,25,26)/t18-,20-/m1/s1. The number of fused-ring (bicyclic) bond motifs is 1. The summed E-state index contributed by atoms with van der Waals surface area (Å²) in [7, 11) is 1.60. The minimum Gasteiger partial charge on any atom is -0.497 e. The van der Waals surface area contributed by atoms with Crippen LogP contribution in [0.25, 0.3) is 0 Å². The molecule has 7 heteroatoms. The number of methoxy groups -OCH3 is 1. The van der Waals surface area contributed by atoms with Gasteiger partial charge in [-0.25, -0.2) is 0 Å². The summed E-state index contributed by atoms with van der Waals surface area (Å²) in [6.07, 6.45) is -0.148. The van der Waals surface area contributed by atoms with Crippen LogP contribution in [0.15, 0.2) is 48.5 Å². The zero-order valence-corrected chi connectivity index (χ0v) is 16.7. The normalized spacial score (nSPS) is 16.9. The summed E-state index contributed by atoms with van der Waals surface area (Å²) in [6.45, 7) is 4.01. The van der Waals surface area contributed by atoms with Crippen molar-refractivity contribution in [2.75, 3.05) is 12.4 Å². The predicted octanol–water partition coefficient (Wildman–Crippen LogP) is 2.65. The Balaban J connectivity index is 1.70. The number of para-hydroxylation sites is 1. The Morgan fingerprint density at radius 1 is 1.10 bits per heavy atom. The summed E-state index contributed by atoms with van der Waals surface area (Å²) in [6, 6.07) is 13.1. The van der Waals surface area contributed by atoms with E-state index in [1.165, 1.54) is 0 Å². The van der Waals surface area contributed by atoms with Gasteiger partial charge in [0.2, 0.25) is 11.8 Å². The molecular formula is C22H25N3O4. The van der Waals surface area contributed by atoms with E-state index in [2.05, 4.69) is 16.0 Å². The van der Waals surface area contributed by atoms with Crippen LogP contribution in [0.3, 0.4) is 0 Å². The van der Waals surface area contributed by atoms with Gasteiger partial charge in [-0.3, -0.25) is 14.4 Å². The summed E-state index contributed by atoms with van der Waals surface area (Å²) >= 11 is 0. The van der Waals surface area contributed by atoms with E-state index in [0.717, 1.165) is 11.3 Å². The number of nitrogens with one attached hydrogen (secondary N) is 3. The van der Waals surface area contributed by atoms with Crippen molar-refractivity contribution in [1.29, 1.82) is 0 Å². The third kappa shape index (κ3) is 4.74. The van der Waals surface area contributed by atoms with E-state index in [0.29, 0.717) is 11.3 Å². The monoisotopic (exact) mass is 395 g/mol. The molecule has 2 aromatic carbocycles. The Bertz CT molecular complexity index is 909. The number of hydrogen-bond donors (Lipinski definition) is 3. The molecule has 2 atom stereocenters. The highest BCUT2D eigenvalue weighted by Crippen LogP contribution is 2.24. The Kier molecular flexibility index (Phi) is 6.16. The first-order valence-corrected chi connectivity index (χ1v) is 9.53. The van der Waals surface area contributed by atoms with Gasteiger partial charge in [0.25, 0.3) is 5.91 Å². The quantitative estimate of drug-likeness (QED) is 0.701. The van der Waals surface area contributed by atoms with Gasteiger partial charge >= 0.3 is 0 Å². The molecule has 0 saturated carbocycles. The first-order chi connectivity index (χ1) is 13.9. The van der Waals surface area contributed by atoms with Crippen LogP contribution >= 0.6 is 0 Å². The molecule has 7 nitrogen and oxygen atoms in total. The lowest BCUT2D eigenvalue weighted by atomic mass is 9.95. The molecule has 0 aromatic heterocycles. The van der Waals surface area contributed by atoms with Crippen molar-refractivity contribution in [2.24, 2.45) is 5.92 Å². The number of benzene rings is 2. The van der Waals surface area contributed by atoms with Crippen LogP contribution in [0, 0.1) is 5.92 Å². The van der Waals surface area contributed by atoms with Crippen molar-refractivity contribution >= 4 is 23.4 Å². The second-order valence-electron chi connectivity index (χ2n) is 7.33. The molecule has 0 unspecified atom stereocenters. The summed E-state index contributed by atoms with van der Waals surface area (Å²) in [5.74, 6) is -0.239. The van der Waals surface area contributed by atoms with E-state index >= 15 is 0 Å². The van der Waals surface area contributed by atoms with Crippen molar-refractivity contribution in [3.05, 3.63) is 59.7 Å². The molecule has 0 spiro atoms. The molecule has 1 heterocycles. The molecule has 0 fully saturated rings. The summed E-state index contributed by atoms with van der Waals surface area (Å²) < 4.78 is 5.18. The molecule has 29 heavy (non-hydrogen) atoms. The second kappa shape index (κ2) is 8.77. The van der Waals surface area contributed by atoms with Crippen LogP contribution in [0.5, 0.6) is 5.75 Å².